The average Bonchev–Trinajstić information content (AvgIpc) is 3.01. The first-order valence-electron chi connectivity index (χ1n) is 11.8. The van der Waals surface area contributed by atoms with Crippen LogP contribution in [0.25, 0.3) is 22.2 Å². The second-order valence-corrected chi connectivity index (χ2v) is 10.6. The van der Waals surface area contributed by atoms with E-state index in [1.165, 1.54) is 70.5 Å². The lowest BCUT2D eigenvalue weighted by Gasteiger charge is -2.37. The summed E-state index contributed by atoms with van der Waals surface area (Å²) in [5, 5.41) is 1.32. The van der Waals surface area contributed by atoms with Crippen LogP contribution in [0.1, 0.15) is 68.8 Å². The second kappa shape index (κ2) is 8.31. The predicted molar refractivity (Wildman–Crippen MR) is 135 cm³/mol. The summed E-state index contributed by atoms with van der Waals surface area (Å²) in [6.45, 7) is 21.6. The lowest BCUT2D eigenvalue weighted by Crippen LogP contribution is -2.38. The zero-order valence-corrected chi connectivity index (χ0v) is 20.3. The van der Waals surface area contributed by atoms with Crippen molar-refractivity contribution in [2.75, 3.05) is 19.6 Å². The normalized spacial score (nSPS) is 16.9. The van der Waals surface area contributed by atoms with E-state index in [9.17, 15) is 0 Å². The molecule has 0 unspecified atom stereocenters. The average molecular weight is 415 g/mol. The molecule has 1 aliphatic rings. The molecule has 1 aliphatic heterocycles. The van der Waals surface area contributed by atoms with E-state index >= 15 is 0 Å². The number of aromatic nitrogens is 1. The molecular formula is C29H38N2. The van der Waals surface area contributed by atoms with Crippen molar-refractivity contribution < 1.29 is 0 Å². The Labute approximate surface area is 188 Å². The van der Waals surface area contributed by atoms with Gasteiger partial charge in [-0.25, -0.2) is 0 Å². The first-order chi connectivity index (χ1) is 14.7. The van der Waals surface area contributed by atoms with Crippen LogP contribution < -0.4 is 0 Å². The van der Waals surface area contributed by atoms with Crippen LogP contribution in [0.15, 0.2) is 49.0 Å². The molecule has 0 spiro atoms. The van der Waals surface area contributed by atoms with Crippen LogP contribution in [0.3, 0.4) is 0 Å². The molecule has 0 bridgehead atoms. The highest BCUT2D eigenvalue weighted by Gasteiger charge is 2.26. The van der Waals surface area contributed by atoms with E-state index in [1.807, 2.05) is 0 Å². The van der Waals surface area contributed by atoms with Gasteiger partial charge >= 0.3 is 0 Å². The number of rotatable bonds is 5. The van der Waals surface area contributed by atoms with Gasteiger partial charge in [-0.15, -0.1) is 0 Å². The van der Waals surface area contributed by atoms with E-state index in [2.05, 4.69) is 100 Å². The summed E-state index contributed by atoms with van der Waals surface area (Å²) in [5.41, 5.74) is 9.54. The highest BCUT2D eigenvalue weighted by molar-refractivity contribution is 5.96. The minimum absolute atomic E-state index is 0.475. The lowest BCUT2D eigenvalue weighted by atomic mass is 9.82. The minimum Gasteiger partial charge on any atom is -0.313 e. The number of likely N-dealkylation sites (tertiary alicyclic amines) is 1. The van der Waals surface area contributed by atoms with Crippen molar-refractivity contribution in [1.29, 1.82) is 0 Å². The smallest absolute Gasteiger partial charge is 0.0540 e. The van der Waals surface area contributed by atoms with Gasteiger partial charge in [-0.05, 0) is 80.4 Å². The van der Waals surface area contributed by atoms with E-state index in [1.54, 1.807) is 0 Å². The summed E-state index contributed by atoms with van der Waals surface area (Å²) in [4.78, 5) is 2.59. The van der Waals surface area contributed by atoms with E-state index in [-0.39, 0.29) is 0 Å². The zero-order valence-electron chi connectivity index (χ0n) is 20.3. The summed E-state index contributed by atoms with van der Waals surface area (Å²) in [6.07, 6.45) is 2.53. The highest BCUT2D eigenvalue weighted by Crippen LogP contribution is 2.36. The molecule has 0 N–H and O–H groups in total. The Morgan fingerprint density at radius 1 is 1.00 bits per heavy atom. The number of nitrogens with zero attached hydrogens (tertiary/aromatic N) is 2. The largest absolute Gasteiger partial charge is 0.313 e. The van der Waals surface area contributed by atoms with E-state index < -0.39 is 0 Å². The van der Waals surface area contributed by atoms with Crippen LogP contribution in [0, 0.1) is 19.3 Å². The van der Waals surface area contributed by atoms with Crippen molar-refractivity contribution in [3.05, 3.63) is 71.4 Å². The van der Waals surface area contributed by atoms with Crippen LogP contribution in [-0.4, -0.2) is 29.1 Å². The molecule has 164 valence electrons. The van der Waals surface area contributed by atoms with Gasteiger partial charge in [0.2, 0.25) is 0 Å². The SMILES string of the molecule is C=C(CN1CCC(C)(C)CC1)c1c(C)n(-c2ccc(C)cc2)c2cc(C(C)C)ccc12. The molecule has 1 saturated heterocycles. The number of hydrogen-bond donors (Lipinski definition) is 0. The molecule has 2 nitrogen and oxygen atoms in total. The standard InChI is InChI=1S/C29H38N2/c1-20(2)24-10-13-26-27(18-24)31(25-11-8-21(3)9-12-25)23(5)28(26)22(4)19-30-16-14-29(6,7)15-17-30/h8-13,18,20H,4,14-17,19H2,1-3,5-7H3. The Morgan fingerprint density at radius 3 is 2.26 bits per heavy atom. The molecule has 0 aliphatic carbocycles. The fourth-order valence-corrected chi connectivity index (χ4v) is 4.93. The van der Waals surface area contributed by atoms with Crippen molar-refractivity contribution in [3.8, 4) is 5.69 Å². The Kier molecular flexibility index (Phi) is 5.87. The number of hydrogen-bond acceptors (Lipinski definition) is 1. The monoisotopic (exact) mass is 414 g/mol. The van der Waals surface area contributed by atoms with Crippen molar-refractivity contribution in [3.63, 3.8) is 0 Å². The first kappa shape index (κ1) is 21.9. The van der Waals surface area contributed by atoms with Crippen LogP contribution >= 0.6 is 0 Å². The first-order valence-corrected chi connectivity index (χ1v) is 11.8. The Morgan fingerprint density at radius 2 is 1.65 bits per heavy atom. The van der Waals surface area contributed by atoms with Gasteiger partial charge in [0.25, 0.3) is 0 Å². The number of fused-ring (bicyclic) bond motifs is 1. The fourth-order valence-electron chi connectivity index (χ4n) is 4.93. The molecule has 4 rings (SSSR count). The van der Waals surface area contributed by atoms with E-state index in [0.29, 0.717) is 11.3 Å². The molecular weight excluding hydrogens is 376 g/mol. The molecule has 0 atom stereocenters. The van der Waals surface area contributed by atoms with Gasteiger partial charge in [-0.3, -0.25) is 4.90 Å². The topological polar surface area (TPSA) is 8.17 Å². The molecule has 31 heavy (non-hydrogen) atoms. The summed E-state index contributed by atoms with van der Waals surface area (Å²) >= 11 is 0. The molecule has 1 aromatic heterocycles. The Bertz CT molecular complexity index is 1090. The predicted octanol–water partition coefficient (Wildman–Crippen LogP) is 7.51. The van der Waals surface area contributed by atoms with Crippen LogP contribution in [0.2, 0.25) is 0 Å². The highest BCUT2D eigenvalue weighted by atomic mass is 15.1. The van der Waals surface area contributed by atoms with Crippen LogP contribution in [-0.2, 0) is 0 Å². The number of piperidine rings is 1. The summed E-state index contributed by atoms with van der Waals surface area (Å²) < 4.78 is 2.43. The molecule has 2 heterocycles. The van der Waals surface area contributed by atoms with Gasteiger partial charge in [0.05, 0.1) is 5.52 Å². The fraction of sp³-hybridized carbons (Fsp3) is 0.448. The van der Waals surface area contributed by atoms with Crippen LogP contribution in [0.4, 0.5) is 0 Å². The summed E-state index contributed by atoms with van der Waals surface area (Å²) in [7, 11) is 0. The van der Waals surface area contributed by atoms with E-state index in [4.69, 9.17) is 0 Å². The van der Waals surface area contributed by atoms with Gasteiger partial charge < -0.3 is 4.57 Å². The second-order valence-electron chi connectivity index (χ2n) is 10.6. The Balaban J connectivity index is 1.77. The van der Waals surface area contributed by atoms with Crippen molar-refractivity contribution in [2.45, 2.75) is 60.3 Å². The molecule has 0 radical (unpaired) electrons. The molecule has 0 amide bonds. The maximum Gasteiger partial charge on any atom is 0.0540 e. The van der Waals surface area contributed by atoms with Gasteiger partial charge in [0.15, 0.2) is 0 Å². The molecule has 1 fully saturated rings. The molecule has 2 heteroatoms. The number of aryl methyl sites for hydroxylation is 1. The maximum absolute atomic E-state index is 4.59. The van der Waals surface area contributed by atoms with Crippen molar-refractivity contribution >= 4 is 16.5 Å². The van der Waals surface area contributed by atoms with Gasteiger partial charge in [0.1, 0.15) is 0 Å². The summed E-state index contributed by atoms with van der Waals surface area (Å²) in [6, 6.07) is 15.9. The van der Waals surface area contributed by atoms with Gasteiger partial charge in [0, 0.05) is 28.9 Å². The number of benzene rings is 2. The molecule has 0 saturated carbocycles. The lowest BCUT2D eigenvalue weighted by molar-refractivity contribution is 0.146. The van der Waals surface area contributed by atoms with Crippen LogP contribution in [0.5, 0.6) is 0 Å². The third kappa shape index (κ3) is 4.36. The maximum atomic E-state index is 4.59. The van der Waals surface area contributed by atoms with Gasteiger partial charge in [-0.2, -0.15) is 0 Å². The quantitative estimate of drug-likeness (QED) is 0.419. The minimum atomic E-state index is 0.475. The Hall–Kier alpha value is -2.32. The zero-order chi connectivity index (χ0) is 22.3. The summed E-state index contributed by atoms with van der Waals surface area (Å²) in [5.74, 6) is 0.509. The van der Waals surface area contributed by atoms with Gasteiger partial charge in [-0.1, -0.05) is 64.1 Å². The van der Waals surface area contributed by atoms with Crippen molar-refractivity contribution in [1.82, 2.24) is 9.47 Å². The molecule has 3 aromatic rings. The third-order valence-electron chi connectivity index (χ3n) is 7.17. The molecule has 2 aromatic carbocycles. The third-order valence-corrected chi connectivity index (χ3v) is 7.17. The van der Waals surface area contributed by atoms with E-state index in [0.717, 1.165) is 6.54 Å². The van der Waals surface area contributed by atoms with Crippen molar-refractivity contribution in [2.24, 2.45) is 5.41 Å².